The van der Waals surface area contributed by atoms with Crippen molar-refractivity contribution in [1.82, 2.24) is 0 Å². The summed E-state index contributed by atoms with van der Waals surface area (Å²) < 4.78 is 22.9. The first-order valence-corrected chi connectivity index (χ1v) is 36.3. The summed E-state index contributed by atoms with van der Waals surface area (Å²) >= 11 is 0. The maximum atomic E-state index is 12.9. The van der Waals surface area contributed by atoms with Gasteiger partial charge in [-0.15, -0.1) is 0 Å². The zero-order chi connectivity index (χ0) is 64.7. The first-order valence-electron chi connectivity index (χ1n) is 36.3. The summed E-state index contributed by atoms with van der Waals surface area (Å²) in [6, 6.07) is 0. The maximum absolute atomic E-state index is 12.9. The molecule has 9 nitrogen and oxygen atoms in total. The zero-order valence-electron chi connectivity index (χ0n) is 58.0. The van der Waals surface area contributed by atoms with Crippen LogP contribution in [0, 0.1) is 0 Å². The number of hydrogen-bond acceptors (Lipinski definition) is 7. The third-order valence-electron chi connectivity index (χ3n) is 15.4. The lowest BCUT2D eigenvalue weighted by Gasteiger charge is -2.25. The van der Waals surface area contributed by atoms with Crippen molar-refractivity contribution in [2.45, 2.75) is 309 Å². The van der Waals surface area contributed by atoms with Crippen LogP contribution >= 0.6 is 0 Å². The summed E-state index contributed by atoms with van der Waals surface area (Å²) in [5.41, 5.74) is 0. The van der Waals surface area contributed by atoms with Crippen LogP contribution in [-0.4, -0.2) is 87.4 Å². The molecule has 0 saturated carbocycles. The van der Waals surface area contributed by atoms with E-state index < -0.39 is 24.3 Å². The molecule has 1 N–H and O–H groups in total. The van der Waals surface area contributed by atoms with Crippen molar-refractivity contribution in [3.63, 3.8) is 0 Å². The number of allylic oxidation sites excluding steroid dienone is 22. The number of aliphatic carboxylic acids is 1. The Morgan fingerprint density at radius 2 is 0.640 bits per heavy atom. The Kier molecular flexibility index (Phi) is 65.8. The van der Waals surface area contributed by atoms with Crippen LogP contribution in [0.2, 0.25) is 0 Å². The van der Waals surface area contributed by atoms with E-state index in [4.69, 9.17) is 18.9 Å². The van der Waals surface area contributed by atoms with Crippen molar-refractivity contribution >= 4 is 17.9 Å². The fourth-order valence-corrected chi connectivity index (χ4v) is 9.86. The van der Waals surface area contributed by atoms with E-state index in [0.717, 1.165) is 96.3 Å². The molecule has 0 radical (unpaired) electrons. The minimum Gasteiger partial charge on any atom is -0.477 e. The van der Waals surface area contributed by atoms with Gasteiger partial charge in [-0.25, -0.2) is 4.79 Å². The molecule has 2 unspecified atom stereocenters. The van der Waals surface area contributed by atoms with Crippen molar-refractivity contribution in [2.24, 2.45) is 0 Å². The Hall–Kier alpha value is -4.57. The average molecular weight is 1240 g/mol. The summed E-state index contributed by atoms with van der Waals surface area (Å²) in [7, 11) is 5.96. The van der Waals surface area contributed by atoms with Gasteiger partial charge in [-0.05, 0) is 116 Å². The molecular weight excluding hydrogens is 1100 g/mol. The smallest absolute Gasteiger partial charge is 0.361 e. The number of nitrogens with zero attached hydrogens (tertiary/aromatic N) is 1. The number of esters is 2. The average Bonchev–Trinajstić information content (AvgIpc) is 3.64. The van der Waals surface area contributed by atoms with Gasteiger partial charge in [-0.2, -0.15) is 0 Å². The monoisotopic (exact) mass is 1240 g/mol. The molecule has 89 heavy (non-hydrogen) atoms. The summed E-state index contributed by atoms with van der Waals surface area (Å²) in [6.45, 7) is 4.71. The molecule has 0 heterocycles. The topological polar surface area (TPSA) is 108 Å². The first kappa shape index (κ1) is 84.4. The molecule has 0 aliphatic carbocycles. The Labute approximate surface area is 548 Å². The van der Waals surface area contributed by atoms with Crippen molar-refractivity contribution < 1.29 is 42.9 Å². The fourth-order valence-electron chi connectivity index (χ4n) is 9.86. The summed E-state index contributed by atoms with van der Waals surface area (Å²) in [6.07, 6.45) is 97.3. The van der Waals surface area contributed by atoms with Crippen molar-refractivity contribution in [2.75, 3.05) is 47.5 Å². The number of rotatable bonds is 66. The van der Waals surface area contributed by atoms with Gasteiger partial charge in [0.05, 0.1) is 34.4 Å². The maximum Gasteiger partial charge on any atom is 0.361 e. The number of carboxylic acid groups (broad SMARTS) is 1. The Morgan fingerprint density at radius 1 is 0.348 bits per heavy atom. The molecule has 0 spiro atoms. The van der Waals surface area contributed by atoms with E-state index in [9.17, 15) is 19.5 Å². The van der Waals surface area contributed by atoms with E-state index in [1.807, 2.05) is 21.1 Å². The van der Waals surface area contributed by atoms with Gasteiger partial charge in [-0.3, -0.25) is 9.59 Å². The number of quaternary nitrogens is 1. The van der Waals surface area contributed by atoms with Crippen molar-refractivity contribution in [3.8, 4) is 0 Å². The number of likely N-dealkylation sites (N-methyl/N-ethyl adjacent to an activating group) is 1. The number of unbranched alkanes of at least 4 members (excludes halogenated alkanes) is 29. The van der Waals surface area contributed by atoms with Gasteiger partial charge >= 0.3 is 17.9 Å². The molecule has 9 heteroatoms. The Bertz CT molecular complexity index is 1930. The lowest BCUT2D eigenvalue weighted by molar-refractivity contribution is -0.870. The van der Waals surface area contributed by atoms with Crippen molar-refractivity contribution in [3.05, 3.63) is 134 Å². The van der Waals surface area contributed by atoms with E-state index in [2.05, 4.69) is 148 Å². The molecule has 0 fully saturated rings. The van der Waals surface area contributed by atoms with Crippen molar-refractivity contribution in [1.29, 1.82) is 0 Å². The molecule has 508 valence electrons. The van der Waals surface area contributed by atoms with E-state index >= 15 is 0 Å². The van der Waals surface area contributed by atoms with Gasteiger partial charge in [0.2, 0.25) is 0 Å². The second-order valence-electron chi connectivity index (χ2n) is 25.2. The van der Waals surface area contributed by atoms with Gasteiger partial charge in [0, 0.05) is 12.8 Å². The highest BCUT2D eigenvalue weighted by molar-refractivity contribution is 5.71. The highest BCUT2D eigenvalue weighted by Crippen LogP contribution is 2.17. The minimum absolute atomic E-state index is 0.173. The van der Waals surface area contributed by atoms with E-state index in [1.54, 1.807) is 0 Å². The third-order valence-corrected chi connectivity index (χ3v) is 15.4. The van der Waals surface area contributed by atoms with E-state index in [-0.39, 0.29) is 38.6 Å². The Morgan fingerprint density at radius 3 is 0.978 bits per heavy atom. The van der Waals surface area contributed by atoms with Crippen LogP contribution in [0.5, 0.6) is 0 Å². The zero-order valence-corrected chi connectivity index (χ0v) is 58.0. The normalized spacial score (nSPS) is 13.5. The van der Waals surface area contributed by atoms with Gasteiger partial charge in [0.15, 0.2) is 6.10 Å². The lowest BCUT2D eigenvalue weighted by Crippen LogP contribution is -2.40. The third kappa shape index (κ3) is 70.7. The molecule has 0 rings (SSSR count). The highest BCUT2D eigenvalue weighted by atomic mass is 16.7. The van der Waals surface area contributed by atoms with Crippen LogP contribution in [0.3, 0.4) is 0 Å². The second kappa shape index (κ2) is 69.3. The van der Waals surface area contributed by atoms with Gasteiger partial charge in [0.1, 0.15) is 13.2 Å². The predicted octanol–water partition coefficient (Wildman–Crippen LogP) is 22.9. The summed E-state index contributed by atoms with van der Waals surface area (Å²) in [5, 5.41) is 9.75. The fraction of sp³-hybridized carbons (Fsp3) is 0.688. The number of carbonyl (C=O) groups excluding carboxylic acids is 2. The molecule has 2 atom stereocenters. The molecule has 0 bridgehead atoms. The van der Waals surface area contributed by atoms with Crippen LogP contribution in [0.25, 0.3) is 0 Å². The lowest BCUT2D eigenvalue weighted by atomic mass is 10.0. The molecule has 0 aliphatic heterocycles. The summed E-state index contributed by atoms with van der Waals surface area (Å²) in [4.78, 5) is 37.6. The van der Waals surface area contributed by atoms with Gasteiger partial charge in [0.25, 0.3) is 6.29 Å². The standard InChI is InChI=1S/C80H135NO8/c1-6-8-10-12-14-16-18-20-22-24-26-28-30-32-34-35-36-37-38-39-40-41-42-43-45-46-48-50-52-54-56-58-60-62-64-66-68-70-77(82)87-74-76(75-88-80(79(84)85)86-73-72-81(3,4)5)89-78(83)71-69-67-65-63-61-59-57-55-53-51-49-47-44-33-31-29-27-25-23-21-19-17-15-13-11-9-7-2/h9,11,15,17-18,20-21,23-24,26-27,29-30,32-33,44,49,51,55,57,61,63,76,80H,6-8,10,12-14,16,19,22,25,28,31,34-43,45-48,50,52-54,56,58-60,62,64-75H2,1-5H3/p+1/b11-9-,17-15-,20-18-,23-21-,26-24-,29-27-,32-30-,44-33-,51-49-,57-55-,63-61-. The van der Waals surface area contributed by atoms with E-state index in [1.165, 1.54) is 167 Å². The SMILES string of the molecule is CC/C=C\C/C=C\C/C=C\C/C=C\C/C=C\C/C=C\C/C=C\C/C=C\CCCCC(=O)OC(COC(=O)CCCCCCCCCCCCCCCCCCCCCCCC/C=C\C/C=C\C/C=C\CCCCCCC)COC(OCC[N+](C)(C)C)C(=O)O. The molecule has 0 aromatic carbocycles. The number of ether oxygens (including phenoxy) is 4. The van der Waals surface area contributed by atoms with Crippen LogP contribution in [-0.2, 0) is 33.3 Å². The quantitative estimate of drug-likeness (QED) is 0.0211. The highest BCUT2D eigenvalue weighted by Gasteiger charge is 2.25. The first-order chi connectivity index (χ1) is 43.6. The van der Waals surface area contributed by atoms with Gasteiger partial charge < -0.3 is 28.5 Å². The molecule has 0 aliphatic rings. The molecule has 0 aromatic heterocycles. The van der Waals surface area contributed by atoms with E-state index in [0.29, 0.717) is 17.4 Å². The summed E-state index contributed by atoms with van der Waals surface area (Å²) in [5.74, 6) is -2.07. The number of carbonyl (C=O) groups is 3. The Balaban J connectivity index is 4.13. The molecule has 0 aromatic rings. The minimum atomic E-state index is -1.53. The van der Waals surface area contributed by atoms with Gasteiger partial charge in [-0.1, -0.05) is 302 Å². The van der Waals surface area contributed by atoms with Crippen LogP contribution in [0.4, 0.5) is 0 Å². The largest absolute Gasteiger partial charge is 0.477 e. The second-order valence-corrected chi connectivity index (χ2v) is 25.2. The van der Waals surface area contributed by atoms with Crippen LogP contribution in [0.15, 0.2) is 134 Å². The van der Waals surface area contributed by atoms with Crippen LogP contribution < -0.4 is 0 Å². The predicted molar refractivity (Wildman–Crippen MR) is 382 cm³/mol. The number of carboxylic acids is 1. The molecule has 0 amide bonds. The molecule has 0 saturated heterocycles. The molecular formula is C80H136NO8+. The van der Waals surface area contributed by atoms with Crippen LogP contribution in [0.1, 0.15) is 296 Å². The number of hydrogen-bond donors (Lipinski definition) is 1.